The largest absolute Gasteiger partial charge is 0.573 e. The standard InChI is InChI=1S/C19H21ClF3N5O/c1-4-8-27(9-5-2)18-24-11-15-17(26-18)28(12(3)25-15)13-6-7-16(14(20)10-13)29-19(21,22)23/h6-7,10-11H,4-5,8-9H2,1-3H3. The molecule has 0 aliphatic carbocycles. The molecule has 0 atom stereocenters. The SMILES string of the molecule is CCCN(CCC)c1ncc2nc(C)n(-c3ccc(OC(F)(F)F)c(Cl)c3)c2n1. The van der Waals surface area contributed by atoms with Crippen LogP contribution in [0.15, 0.2) is 24.4 Å². The van der Waals surface area contributed by atoms with Gasteiger partial charge < -0.3 is 9.64 Å². The Bertz CT molecular complexity index is 999. The maximum Gasteiger partial charge on any atom is 0.573 e. The summed E-state index contributed by atoms with van der Waals surface area (Å²) in [6.07, 6.45) is -1.25. The van der Waals surface area contributed by atoms with Crippen LogP contribution in [0.2, 0.25) is 5.02 Å². The number of nitrogens with zero attached hydrogens (tertiary/aromatic N) is 5. The molecule has 0 aliphatic heterocycles. The van der Waals surface area contributed by atoms with Gasteiger partial charge in [0.05, 0.1) is 16.9 Å². The zero-order chi connectivity index (χ0) is 21.2. The Morgan fingerprint density at radius 3 is 2.41 bits per heavy atom. The second-order valence-corrected chi connectivity index (χ2v) is 6.93. The molecule has 0 N–H and O–H groups in total. The summed E-state index contributed by atoms with van der Waals surface area (Å²) >= 11 is 6.02. The lowest BCUT2D eigenvalue weighted by atomic mass is 10.3. The normalized spacial score (nSPS) is 11.8. The minimum Gasteiger partial charge on any atom is -0.404 e. The molecule has 0 spiro atoms. The molecule has 10 heteroatoms. The highest BCUT2D eigenvalue weighted by molar-refractivity contribution is 6.32. The molecule has 0 saturated heterocycles. The van der Waals surface area contributed by atoms with Gasteiger partial charge in [-0.25, -0.2) is 9.97 Å². The van der Waals surface area contributed by atoms with Gasteiger partial charge in [0.15, 0.2) is 5.65 Å². The lowest BCUT2D eigenvalue weighted by molar-refractivity contribution is -0.274. The van der Waals surface area contributed by atoms with E-state index < -0.39 is 12.1 Å². The van der Waals surface area contributed by atoms with Crippen molar-refractivity contribution in [1.82, 2.24) is 19.5 Å². The average molecular weight is 428 g/mol. The van der Waals surface area contributed by atoms with E-state index in [-0.39, 0.29) is 5.02 Å². The van der Waals surface area contributed by atoms with E-state index in [0.29, 0.717) is 28.6 Å². The first kappa shape index (κ1) is 21.2. The van der Waals surface area contributed by atoms with E-state index in [2.05, 4.69) is 38.4 Å². The van der Waals surface area contributed by atoms with Crippen molar-refractivity contribution < 1.29 is 17.9 Å². The first-order chi connectivity index (χ1) is 13.7. The third-order valence-electron chi connectivity index (χ3n) is 4.22. The zero-order valence-corrected chi connectivity index (χ0v) is 17.0. The van der Waals surface area contributed by atoms with Gasteiger partial charge in [0.1, 0.15) is 17.1 Å². The van der Waals surface area contributed by atoms with Crippen LogP contribution < -0.4 is 9.64 Å². The first-order valence-electron chi connectivity index (χ1n) is 9.26. The number of ether oxygens (including phenoxy) is 1. The first-order valence-corrected chi connectivity index (χ1v) is 9.64. The molecule has 0 radical (unpaired) electrons. The molecule has 6 nitrogen and oxygen atoms in total. The molecule has 0 aliphatic rings. The number of benzene rings is 1. The van der Waals surface area contributed by atoms with E-state index in [4.69, 9.17) is 11.6 Å². The fraction of sp³-hybridized carbons (Fsp3) is 0.421. The van der Waals surface area contributed by atoms with E-state index in [1.54, 1.807) is 17.7 Å². The van der Waals surface area contributed by atoms with Gasteiger partial charge in [-0.05, 0) is 38.0 Å². The number of imidazole rings is 1. The fourth-order valence-corrected chi connectivity index (χ4v) is 3.34. The summed E-state index contributed by atoms with van der Waals surface area (Å²) in [7, 11) is 0. The third-order valence-corrected chi connectivity index (χ3v) is 4.52. The number of anilines is 1. The molecule has 0 fully saturated rings. The molecule has 3 rings (SSSR count). The second-order valence-electron chi connectivity index (χ2n) is 6.52. The minimum absolute atomic E-state index is 0.158. The zero-order valence-electron chi connectivity index (χ0n) is 16.3. The minimum atomic E-state index is -4.81. The van der Waals surface area contributed by atoms with Crippen LogP contribution in [-0.4, -0.2) is 39.0 Å². The summed E-state index contributed by atoms with van der Waals surface area (Å²) in [6, 6.07) is 4.06. The van der Waals surface area contributed by atoms with Gasteiger partial charge in [-0.3, -0.25) is 4.57 Å². The van der Waals surface area contributed by atoms with Crippen molar-refractivity contribution in [3.05, 3.63) is 35.2 Å². The monoisotopic (exact) mass is 427 g/mol. The molecule has 29 heavy (non-hydrogen) atoms. The van der Waals surface area contributed by atoms with Gasteiger partial charge in [-0.2, -0.15) is 4.98 Å². The van der Waals surface area contributed by atoms with Crippen LogP contribution >= 0.6 is 11.6 Å². The molecule has 0 bridgehead atoms. The molecule has 2 aromatic heterocycles. The lowest BCUT2D eigenvalue weighted by Gasteiger charge is -2.21. The molecule has 0 amide bonds. The van der Waals surface area contributed by atoms with Crippen molar-refractivity contribution in [2.45, 2.75) is 40.0 Å². The van der Waals surface area contributed by atoms with Crippen molar-refractivity contribution in [3.63, 3.8) is 0 Å². The van der Waals surface area contributed by atoms with Gasteiger partial charge in [0, 0.05) is 13.1 Å². The highest BCUT2D eigenvalue weighted by Gasteiger charge is 2.32. The number of fused-ring (bicyclic) bond motifs is 1. The molecular formula is C19H21ClF3N5O. The Kier molecular flexibility index (Phi) is 6.16. The Morgan fingerprint density at radius 1 is 1.14 bits per heavy atom. The van der Waals surface area contributed by atoms with Crippen molar-refractivity contribution in [2.75, 3.05) is 18.0 Å². The molecule has 2 heterocycles. The smallest absolute Gasteiger partial charge is 0.404 e. The molecule has 1 aromatic carbocycles. The van der Waals surface area contributed by atoms with E-state index in [1.165, 1.54) is 18.2 Å². The molecular weight excluding hydrogens is 407 g/mol. The summed E-state index contributed by atoms with van der Waals surface area (Å²) in [4.78, 5) is 15.7. The topological polar surface area (TPSA) is 56.1 Å². The fourth-order valence-electron chi connectivity index (χ4n) is 3.13. The predicted octanol–water partition coefficient (Wildman–Crippen LogP) is 5.30. The number of alkyl halides is 3. The van der Waals surface area contributed by atoms with Crippen LogP contribution in [0, 0.1) is 6.92 Å². The van der Waals surface area contributed by atoms with Crippen LogP contribution in [-0.2, 0) is 0 Å². The molecule has 156 valence electrons. The average Bonchev–Trinajstić information content (AvgIpc) is 2.97. The highest BCUT2D eigenvalue weighted by Crippen LogP contribution is 2.33. The number of hydrogen-bond donors (Lipinski definition) is 0. The van der Waals surface area contributed by atoms with Gasteiger partial charge in [-0.1, -0.05) is 25.4 Å². The van der Waals surface area contributed by atoms with Gasteiger partial charge in [0.25, 0.3) is 0 Å². The summed E-state index contributed by atoms with van der Waals surface area (Å²) in [5.74, 6) is 0.743. The maximum absolute atomic E-state index is 12.5. The van der Waals surface area contributed by atoms with Crippen LogP contribution in [0.3, 0.4) is 0 Å². The van der Waals surface area contributed by atoms with Crippen molar-refractivity contribution in [3.8, 4) is 11.4 Å². The maximum atomic E-state index is 12.5. The number of rotatable bonds is 7. The molecule has 0 unspecified atom stereocenters. The van der Waals surface area contributed by atoms with Crippen LogP contribution in [0.5, 0.6) is 5.75 Å². The highest BCUT2D eigenvalue weighted by atomic mass is 35.5. The van der Waals surface area contributed by atoms with Gasteiger partial charge in [-0.15, -0.1) is 13.2 Å². The molecule has 0 saturated carbocycles. The Hall–Kier alpha value is -2.55. The molecule has 3 aromatic rings. The second kappa shape index (κ2) is 8.44. The van der Waals surface area contributed by atoms with Crippen LogP contribution in [0.1, 0.15) is 32.5 Å². The lowest BCUT2D eigenvalue weighted by Crippen LogP contribution is -2.26. The quantitative estimate of drug-likeness (QED) is 0.512. The Morgan fingerprint density at radius 2 is 1.83 bits per heavy atom. The van der Waals surface area contributed by atoms with Crippen molar-refractivity contribution >= 4 is 28.7 Å². The van der Waals surface area contributed by atoms with Crippen molar-refractivity contribution in [2.24, 2.45) is 0 Å². The summed E-state index contributed by atoms with van der Waals surface area (Å²) < 4.78 is 43.2. The summed E-state index contributed by atoms with van der Waals surface area (Å²) in [5, 5.41) is -0.158. The third kappa shape index (κ3) is 4.72. The number of aryl methyl sites for hydroxylation is 1. The predicted molar refractivity (Wildman–Crippen MR) is 106 cm³/mol. The number of halogens is 4. The Labute approximate surface area is 171 Å². The van der Waals surface area contributed by atoms with Gasteiger partial charge in [0.2, 0.25) is 5.95 Å². The van der Waals surface area contributed by atoms with E-state index in [0.717, 1.165) is 25.9 Å². The van der Waals surface area contributed by atoms with Crippen molar-refractivity contribution in [1.29, 1.82) is 0 Å². The van der Waals surface area contributed by atoms with Crippen LogP contribution in [0.25, 0.3) is 16.9 Å². The van der Waals surface area contributed by atoms with Crippen LogP contribution in [0.4, 0.5) is 19.1 Å². The van der Waals surface area contributed by atoms with E-state index in [1.807, 2.05) is 0 Å². The van der Waals surface area contributed by atoms with E-state index in [9.17, 15) is 13.2 Å². The summed E-state index contributed by atoms with van der Waals surface area (Å²) in [5.41, 5.74) is 1.68. The number of hydrogen-bond acceptors (Lipinski definition) is 5. The Balaban J connectivity index is 2.06. The van der Waals surface area contributed by atoms with E-state index >= 15 is 0 Å². The van der Waals surface area contributed by atoms with Gasteiger partial charge >= 0.3 is 6.36 Å². The number of aromatic nitrogens is 4. The summed E-state index contributed by atoms with van der Waals surface area (Å²) in [6.45, 7) is 7.60.